The van der Waals surface area contributed by atoms with Crippen LogP contribution in [0, 0.1) is 6.92 Å². The van der Waals surface area contributed by atoms with E-state index in [9.17, 15) is 4.79 Å². The lowest BCUT2D eigenvalue weighted by Crippen LogP contribution is -2.25. The zero-order chi connectivity index (χ0) is 20.5. The third-order valence-electron chi connectivity index (χ3n) is 4.78. The summed E-state index contributed by atoms with van der Waals surface area (Å²) in [4.78, 5) is 26.1. The van der Waals surface area contributed by atoms with Crippen LogP contribution >= 0.6 is 22.7 Å². The van der Waals surface area contributed by atoms with Gasteiger partial charge in [0.2, 0.25) is 0 Å². The predicted octanol–water partition coefficient (Wildman–Crippen LogP) is 3.83. The monoisotopic (exact) mass is 430 g/mol. The summed E-state index contributed by atoms with van der Waals surface area (Å²) in [6.07, 6.45) is 0.918. The molecule has 0 fully saturated rings. The Bertz CT molecular complexity index is 1060. The molecule has 1 N–H and O–H groups in total. The van der Waals surface area contributed by atoms with Gasteiger partial charge in [-0.05, 0) is 32.2 Å². The number of thiazole rings is 2. The van der Waals surface area contributed by atoms with Gasteiger partial charge in [-0.15, -0.1) is 22.7 Å². The van der Waals surface area contributed by atoms with Crippen LogP contribution in [0.3, 0.4) is 0 Å². The van der Waals surface area contributed by atoms with Gasteiger partial charge in [0.25, 0.3) is 5.91 Å². The Kier molecular flexibility index (Phi) is 5.53. The number of methoxy groups -OCH3 is 2. The Hall–Kier alpha value is -2.49. The van der Waals surface area contributed by atoms with Gasteiger partial charge in [-0.3, -0.25) is 10.1 Å². The van der Waals surface area contributed by atoms with Crippen LogP contribution in [0.2, 0.25) is 0 Å². The first-order valence-electron chi connectivity index (χ1n) is 9.16. The number of nitrogens with one attached hydrogen (secondary N) is 1. The number of aromatic nitrogens is 2. The average Bonchev–Trinajstić information content (AvgIpc) is 3.29. The van der Waals surface area contributed by atoms with Crippen molar-refractivity contribution in [1.29, 1.82) is 0 Å². The highest BCUT2D eigenvalue weighted by Gasteiger charge is 2.22. The second-order valence-corrected chi connectivity index (χ2v) is 8.92. The van der Waals surface area contributed by atoms with Crippen LogP contribution in [-0.2, 0) is 13.0 Å². The van der Waals surface area contributed by atoms with Gasteiger partial charge in [-0.1, -0.05) is 0 Å². The summed E-state index contributed by atoms with van der Waals surface area (Å²) >= 11 is 2.91. The predicted molar refractivity (Wildman–Crippen MR) is 115 cm³/mol. The van der Waals surface area contributed by atoms with Gasteiger partial charge in [0.1, 0.15) is 9.88 Å². The second-order valence-electron chi connectivity index (χ2n) is 6.83. The van der Waals surface area contributed by atoms with Crippen molar-refractivity contribution in [2.75, 3.05) is 33.1 Å². The van der Waals surface area contributed by atoms with E-state index in [4.69, 9.17) is 9.47 Å². The molecule has 1 aromatic carbocycles. The number of fused-ring (bicyclic) bond motifs is 1. The maximum atomic E-state index is 12.9. The Morgan fingerprint density at radius 2 is 1.97 bits per heavy atom. The Labute approximate surface area is 177 Å². The maximum Gasteiger partial charge on any atom is 0.269 e. The summed E-state index contributed by atoms with van der Waals surface area (Å²) in [5, 5.41) is 4.36. The van der Waals surface area contributed by atoms with E-state index in [1.807, 2.05) is 25.1 Å². The van der Waals surface area contributed by atoms with Crippen molar-refractivity contribution in [1.82, 2.24) is 14.9 Å². The molecule has 2 aromatic heterocycles. The molecule has 152 valence electrons. The van der Waals surface area contributed by atoms with Crippen molar-refractivity contribution in [3.8, 4) is 22.1 Å². The van der Waals surface area contributed by atoms with E-state index in [1.54, 1.807) is 25.6 Å². The van der Waals surface area contributed by atoms with Crippen LogP contribution < -0.4 is 14.8 Å². The lowest BCUT2D eigenvalue weighted by Gasteiger charge is -2.20. The highest BCUT2D eigenvalue weighted by Crippen LogP contribution is 2.35. The standard InChI is InChI=1S/C20H22N4O3S2/c1-11-17(18(25)23-20-22-13-7-8-24(2)10-16(13)28-20)29-19(21-11)12-5-6-14(26-3)15(9-12)27-4/h5-6,9H,7-8,10H2,1-4H3,(H,22,23,25). The van der Waals surface area contributed by atoms with Gasteiger partial charge in [0.15, 0.2) is 16.6 Å². The molecule has 1 aliphatic heterocycles. The minimum atomic E-state index is -0.175. The fourth-order valence-corrected chi connectivity index (χ4v) is 5.27. The highest BCUT2D eigenvalue weighted by atomic mass is 32.1. The van der Waals surface area contributed by atoms with E-state index < -0.39 is 0 Å². The Balaban J connectivity index is 1.56. The number of benzene rings is 1. The molecule has 3 aromatic rings. The molecule has 1 amide bonds. The maximum absolute atomic E-state index is 12.9. The number of amides is 1. The van der Waals surface area contributed by atoms with Crippen LogP contribution in [-0.4, -0.2) is 48.6 Å². The molecule has 0 aliphatic carbocycles. The summed E-state index contributed by atoms with van der Waals surface area (Å²) in [5.41, 5.74) is 2.66. The van der Waals surface area contributed by atoms with E-state index in [0.29, 0.717) is 27.2 Å². The van der Waals surface area contributed by atoms with Crippen molar-refractivity contribution in [2.24, 2.45) is 0 Å². The number of carbonyl (C=O) groups excluding carboxylic acids is 1. The molecule has 9 heteroatoms. The van der Waals surface area contributed by atoms with E-state index >= 15 is 0 Å². The topological polar surface area (TPSA) is 76.6 Å². The normalized spacial score (nSPS) is 13.8. The number of rotatable bonds is 5. The summed E-state index contributed by atoms with van der Waals surface area (Å²) in [6.45, 7) is 3.72. The molecular weight excluding hydrogens is 408 g/mol. The fraction of sp³-hybridized carbons (Fsp3) is 0.350. The van der Waals surface area contributed by atoms with Crippen molar-refractivity contribution in [2.45, 2.75) is 19.9 Å². The van der Waals surface area contributed by atoms with Crippen LogP contribution in [0.1, 0.15) is 25.9 Å². The molecule has 7 nitrogen and oxygen atoms in total. The molecule has 0 unspecified atom stereocenters. The zero-order valence-electron chi connectivity index (χ0n) is 16.7. The van der Waals surface area contributed by atoms with Gasteiger partial charge in [0, 0.05) is 30.0 Å². The SMILES string of the molecule is COc1ccc(-c2nc(C)c(C(=O)Nc3nc4c(s3)CN(C)CC4)s2)cc1OC. The first kappa shape index (κ1) is 19.8. The number of ether oxygens (including phenoxy) is 2. The van der Waals surface area contributed by atoms with Gasteiger partial charge < -0.3 is 14.4 Å². The van der Waals surface area contributed by atoms with Crippen molar-refractivity contribution < 1.29 is 14.3 Å². The average molecular weight is 431 g/mol. The molecule has 0 spiro atoms. The van der Waals surface area contributed by atoms with E-state index in [2.05, 4.69) is 27.2 Å². The summed E-state index contributed by atoms with van der Waals surface area (Å²) in [7, 11) is 5.29. The van der Waals surface area contributed by atoms with Crippen LogP contribution in [0.4, 0.5) is 5.13 Å². The number of anilines is 1. The van der Waals surface area contributed by atoms with Gasteiger partial charge in [-0.2, -0.15) is 0 Å². The number of likely N-dealkylation sites (N-methyl/N-ethyl adjacent to an activating group) is 1. The first-order valence-corrected chi connectivity index (χ1v) is 10.8. The number of nitrogens with zero attached hydrogens (tertiary/aromatic N) is 3. The molecule has 0 atom stereocenters. The molecular formula is C20H22N4O3S2. The molecule has 0 radical (unpaired) electrons. The van der Waals surface area contributed by atoms with Crippen molar-refractivity contribution in [3.05, 3.63) is 39.3 Å². The number of hydrogen-bond donors (Lipinski definition) is 1. The summed E-state index contributed by atoms with van der Waals surface area (Å²) in [5.74, 6) is 1.11. The van der Waals surface area contributed by atoms with E-state index in [1.165, 1.54) is 16.2 Å². The minimum absolute atomic E-state index is 0.175. The molecule has 4 rings (SSSR count). The summed E-state index contributed by atoms with van der Waals surface area (Å²) < 4.78 is 10.7. The number of hydrogen-bond acceptors (Lipinski definition) is 8. The molecule has 0 bridgehead atoms. The molecule has 3 heterocycles. The molecule has 29 heavy (non-hydrogen) atoms. The number of carbonyl (C=O) groups is 1. The lowest BCUT2D eigenvalue weighted by molar-refractivity contribution is 0.103. The van der Waals surface area contributed by atoms with E-state index in [0.717, 1.165) is 35.8 Å². The zero-order valence-corrected chi connectivity index (χ0v) is 18.4. The quantitative estimate of drug-likeness (QED) is 0.663. The van der Waals surface area contributed by atoms with Crippen LogP contribution in [0.5, 0.6) is 11.5 Å². The summed E-state index contributed by atoms with van der Waals surface area (Å²) in [6, 6.07) is 5.61. The second kappa shape index (κ2) is 8.10. The van der Waals surface area contributed by atoms with Gasteiger partial charge >= 0.3 is 0 Å². The third-order valence-corrected chi connectivity index (χ3v) is 6.98. The highest BCUT2D eigenvalue weighted by molar-refractivity contribution is 7.18. The Morgan fingerprint density at radius 1 is 1.17 bits per heavy atom. The first-order chi connectivity index (χ1) is 14.0. The third kappa shape index (κ3) is 3.98. The lowest BCUT2D eigenvalue weighted by atomic mass is 10.2. The van der Waals surface area contributed by atoms with Crippen molar-refractivity contribution in [3.63, 3.8) is 0 Å². The smallest absolute Gasteiger partial charge is 0.269 e. The van der Waals surface area contributed by atoms with E-state index in [-0.39, 0.29) is 5.91 Å². The molecule has 1 aliphatic rings. The molecule has 0 saturated heterocycles. The largest absolute Gasteiger partial charge is 0.493 e. The van der Waals surface area contributed by atoms with Crippen LogP contribution in [0.15, 0.2) is 18.2 Å². The van der Waals surface area contributed by atoms with Crippen LogP contribution in [0.25, 0.3) is 10.6 Å². The van der Waals surface area contributed by atoms with Crippen molar-refractivity contribution >= 4 is 33.7 Å². The minimum Gasteiger partial charge on any atom is -0.493 e. The number of aryl methyl sites for hydroxylation is 1. The Morgan fingerprint density at radius 3 is 2.72 bits per heavy atom. The van der Waals surface area contributed by atoms with Gasteiger partial charge in [0.05, 0.1) is 25.6 Å². The van der Waals surface area contributed by atoms with Gasteiger partial charge in [-0.25, -0.2) is 9.97 Å². The molecule has 0 saturated carbocycles. The fourth-order valence-electron chi connectivity index (χ4n) is 3.23.